The van der Waals surface area contributed by atoms with Gasteiger partial charge >= 0.3 is 0 Å². The fourth-order valence-corrected chi connectivity index (χ4v) is 7.85. The number of aryl methyl sites for hydroxylation is 1. The van der Waals surface area contributed by atoms with Crippen molar-refractivity contribution < 1.29 is 19.7 Å². The van der Waals surface area contributed by atoms with Gasteiger partial charge in [-0.15, -0.1) is 0 Å². The molecule has 3 fully saturated rings. The van der Waals surface area contributed by atoms with E-state index >= 15 is 0 Å². The molecule has 6 nitrogen and oxygen atoms in total. The van der Waals surface area contributed by atoms with Gasteiger partial charge in [-0.25, -0.2) is 0 Å². The van der Waals surface area contributed by atoms with Crippen molar-refractivity contribution in [2.24, 2.45) is 5.92 Å². The Hall–Kier alpha value is -3.01. The predicted molar refractivity (Wildman–Crippen MR) is 139 cm³/mol. The van der Waals surface area contributed by atoms with Crippen LogP contribution in [0.5, 0.6) is 11.5 Å². The van der Waals surface area contributed by atoms with E-state index in [1.54, 1.807) is 18.0 Å². The van der Waals surface area contributed by atoms with E-state index in [1.165, 1.54) is 18.4 Å². The summed E-state index contributed by atoms with van der Waals surface area (Å²) in [5, 5.41) is 23.4. The van der Waals surface area contributed by atoms with Gasteiger partial charge in [0, 0.05) is 36.7 Å². The molecule has 6 heteroatoms. The molecule has 2 aromatic rings. The average Bonchev–Trinajstić information content (AvgIpc) is 3.63. The molecule has 2 saturated carbocycles. The first-order valence-corrected chi connectivity index (χ1v) is 13.7. The van der Waals surface area contributed by atoms with Gasteiger partial charge in [-0.3, -0.25) is 9.69 Å². The molecule has 1 spiro atoms. The van der Waals surface area contributed by atoms with Crippen LogP contribution in [0.4, 0.5) is 0 Å². The van der Waals surface area contributed by atoms with Crippen molar-refractivity contribution in [3.63, 3.8) is 0 Å². The normalized spacial score (nSPS) is 33.1. The summed E-state index contributed by atoms with van der Waals surface area (Å²) in [6.07, 6.45) is 4.90. The molecule has 37 heavy (non-hydrogen) atoms. The maximum Gasteiger partial charge on any atom is 0.298 e. The Labute approximate surface area is 218 Å². The Balaban J connectivity index is 1.25. The summed E-state index contributed by atoms with van der Waals surface area (Å²) in [5.74, 6) is 6.95. The lowest BCUT2D eigenvalue weighted by Gasteiger charge is -2.64. The van der Waals surface area contributed by atoms with Gasteiger partial charge in [0.25, 0.3) is 5.91 Å². The van der Waals surface area contributed by atoms with Gasteiger partial charge in [0.1, 0.15) is 6.10 Å². The average molecular weight is 499 g/mol. The van der Waals surface area contributed by atoms with E-state index in [0.717, 1.165) is 48.5 Å². The van der Waals surface area contributed by atoms with E-state index in [9.17, 15) is 15.0 Å². The highest BCUT2D eigenvalue weighted by atomic mass is 16.5. The van der Waals surface area contributed by atoms with Crippen molar-refractivity contribution in [1.29, 1.82) is 0 Å². The molecule has 2 aromatic carbocycles. The molecule has 5 atom stereocenters. The molecular weight excluding hydrogens is 464 g/mol. The molecule has 2 heterocycles. The van der Waals surface area contributed by atoms with Crippen LogP contribution in [0, 0.1) is 24.7 Å². The largest absolute Gasteiger partial charge is 0.504 e. The number of carbonyl (C=O) groups excluding carboxylic acids is 1. The second kappa shape index (κ2) is 7.99. The summed E-state index contributed by atoms with van der Waals surface area (Å²) in [4.78, 5) is 17.5. The topological polar surface area (TPSA) is 73.2 Å². The molecule has 192 valence electrons. The number of hydrogen-bond donors (Lipinski definition) is 2. The van der Waals surface area contributed by atoms with Crippen molar-refractivity contribution in [2.45, 2.75) is 74.7 Å². The Bertz CT molecular complexity index is 1340. The number of nitrogens with zero attached hydrogens (tertiary/aromatic N) is 2. The number of amides is 1. The fourth-order valence-electron chi connectivity index (χ4n) is 7.85. The van der Waals surface area contributed by atoms with Crippen LogP contribution in [0.2, 0.25) is 0 Å². The minimum atomic E-state index is -0.954. The van der Waals surface area contributed by atoms with E-state index in [0.29, 0.717) is 18.6 Å². The second-order valence-electron chi connectivity index (χ2n) is 11.9. The van der Waals surface area contributed by atoms with Crippen LogP contribution in [0.1, 0.15) is 54.4 Å². The number of phenolic OH excluding ortho intramolecular Hbond substituents is 1. The molecule has 0 radical (unpaired) electrons. The van der Waals surface area contributed by atoms with Crippen molar-refractivity contribution in [3.05, 3.63) is 58.7 Å². The van der Waals surface area contributed by atoms with E-state index < -0.39 is 17.1 Å². The third-order valence-corrected chi connectivity index (χ3v) is 9.91. The van der Waals surface area contributed by atoms with Crippen molar-refractivity contribution in [2.75, 3.05) is 20.1 Å². The number of aromatic hydroxyl groups is 1. The number of benzene rings is 2. The third kappa shape index (κ3) is 3.23. The maximum absolute atomic E-state index is 13.3. The van der Waals surface area contributed by atoms with Crippen molar-refractivity contribution in [1.82, 2.24) is 9.80 Å². The molecule has 1 saturated heterocycles. The standard InChI is InChI=1S/C31H34N2O4/c1-19-3-5-20(6-4-19)9-12-26(35)32(2)23-13-14-31(36)25-17-22-10-11-24(34)28-27(22)30(31,29(23)37-28)15-16-33(25)18-21-7-8-21/h3-6,10-11,21,23,25,29,34,36H,7-8,13-18H2,1-2H3/t23-,25+,29+,30+,31-/m1/s1. The molecule has 3 aliphatic carbocycles. The first kappa shape index (κ1) is 23.1. The van der Waals surface area contributed by atoms with Crippen molar-refractivity contribution >= 4 is 5.91 Å². The summed E-state index contributed by atoms with van der Waals surface area (Å²) in [6, 6.07) is 11.4. The number of hydrogen-bond acceptors (Lipinski definition) is 5. The Morgan fingerprint density at radius 2 is 1.95 bits per heavy atom. The number of ether oxygens (including phenoxy) is 1. The van der Waals surface area contributed by atoms with Gasteiger partial charge in [-0.2, -0.15) is 0 Å². The maximum atomic E-state index is 13.3. The van der Waals surface area contributed by atoms with Gasteiger partial charge in [0.15, 0.2) is 11.5 Å². The Kier molecular flexibility index (Phi) is 5.00. The van der Waals surface area contributed by atoms with E-state index in [1.807, 2.05) is 37.3 Å². The summed E-state index contributed by atoms with van der Waals surface area (Å²) in [5.41, 5.74) is 2.52. The lowest BCUT2D eigenvalue weighted by atomic mass is 9.48. The van der Waals surface area contributed by atoms with Crippen molar-refractivity contribution in [3.8, 4) is 23.3 Å². The molecule has 0 aromatic heterocycles. The van der Waals surface area contributed by atoms with Gasteiger partial charge < -0.3 is 19.8 Å². The number of likely N-dealkylation sites (tertiary alicyclic amines) is 1. The van der Waals surface area contributed by atoms with Crippen LogP contribution in [0.3, 0.4) is 0 Å². The zero-order valence-corrected chi connectivity index (χ0v) is 21.5. The summed E-state index contributed by atoms with van der Waals surface area (Å²) >= 11 is 0. The molecule has 2 aliphatic heterocycles. The zero-order chi connectivity index (χ0) is 25.5. The molecule has 2 bridgehead atoms. The number of rotatable bonds is 3. The van der Waals surface area contributed by atoms with E-state index in [-0.39, 0.29) is 23.7 Å². The molecule has 0 unspecified atom stereocenters. The Morgan fingerprint density at radius 3 is 2.70 bits per heavy atom. The van der Waals surface area contributed by atoms with Gasteiger partial charge in [-0.05, 0) is 81.7 Å². The van der Waals surface area contributed by atoms with Crippen LogP contribution in [0.25, 0.3) is 0 Å². The minimum Gasteiger partial charge on any atom is -0.504 e. The number of aliphatic hydroxyl groups is 1. The van der Waals surface area contributed by atoms with Crippen LogP contribution >= 0.6 is 0 Å². The van der Waals surface area contributed by atoms with Gasteiger partial charge in [0.2, 0.25) is 0 Å². The minimum absolute atomic E-state index is 0.0271. The first-order valence-electron chi connectivity index (χ1n) is 13.7. The molecule has 5 aliphatic rings. The predicted octanol–water partition coefficient (Wildman–Crippen LogP) is 3.14. The number of likely N-dealkylation sites (N-methyl/N-ethyl adjacent to an activating group) is 1. The number of carbonyl (C=O) groups is 1. The zero-order valence-electron chi connectivity index (χ0n) is 21.5. The monoisotopic (exact) mass is 498 g/mol. The summed E-state index contributed by atoms with van der Waals surface area (Å²) < 4.78 is 6.59. The summed E-state index contributed by atoms with van der Waals surface area (Å²) in [7, 11) is 1.80. The highest BCUT2D eigenvalue weighted by Gasteiger charge is 2.73. The molecule has 1 amide bonds. The number of phenols is 1. The number of piperidine rings is 1. The SMILES string of the molecule is Cc1ccc(C#CC(=O)N(C)[C@@H]2CC[C@@]3(O)[C@@H]4Cc5ccc(O)c6c5[C@@]3(CCN4CC3CC3)[C@H]2O6)cc1. The van der Waals surface area contributed by atoms with Gasteiger partial charge in [0.05, 0.1) is 17.1 Å². The van der Waals surface area contributed by atoms with Gasteiger partial charge in [-0.1, -0.05) is 29.7 Å². The van der Waals surface area contributed by atoms with Crippen LogP contribution in [0.15, 0.2) is 36.4 Å². The second-order valence-corrected chi connectivity index (χ2v) is 11.9. The molecule has 7 rings (SSSR count). The molecular formula is C31H34N2O4. The smallest absolute Gasteiger partial charge is 0.298 e. The van der Waals surface area contributed by atoms with E-state index in [4.69, 9.17) is 4.74 Å². The van der Waals surface area contributed by atoms with E-state index in [2.05, 4.69) is 16.7 Å². The fraction of sp³-hybridized carbons (Fsp3) is 0.516. The Morgan fingerprint density at radius 1 is 1.16 bits per heavy atom. The van der Waals surface area contributed by atoms with Crippen LogP contribution in [-0.4, -0.2) is 69.8 Å². The first-order chi connectivity index (χ1) is 17.8. The van der Waals surface area contributed by atoms with Crippen LogP contribution in [-0.2, 0) is 16.6 Å². The highest BCUT2D eigenvalue weighted by Crippen LogP contribution is 2.66. The highest BCUT2D eigenvalue weighted by molar-refractivity contribution is 5.94. The quantitative estimate of drug-likeness (QED) is 0.637. The molecule has 2 N–H and O–H groups in total. The van der Waals surface area contributed by atoms with Crippen LogP contribution < -0.4 is 4.74 Å². The lowest BCUT2D eigenvalue weighted by Crippen LogP contribution is -2.78. The third-order valence-electron chi connectivity index (χ3n) is 9.91. The lowest BCUT2D eigenvalue weighted by molar-refractivity contribution is -0.199. The summed E-state index contributed by atoms with van der Waals surface area (Å²) in [6.45, 7) is 3.97.